The van der Waals surface area contributed by atoms with Gasteiger partial charge in [0, 0.05) is 25.1 Å². The molecule has 0 saturated heterocycles. The van der Waals surface area contributed by atoms with Gasteiger partial charge in [-0.2, -0.15) is 4.39 Å². The van der Waals surface area contributed by atoms with Crippen LogP contribution >= 0.6 is 0 Å². The number of hydrogen-bond donors (Lipinski definition) is 2. The van der Waals surface area contributed by atoms with Crippen LogP contribution < -0.4 is 10.6 Å². The number of halogens is 1. The number of amides is 1. The molecule has 1 aromatic rings. The van der Waals surface area contributed by atoms with Crippen LogP contribution in [0.2, 0.25) is 0 Å². The fourth-order valence-electron chi connectivity index (χ4n) is 1.26. The van der Waals surface area contributed by atoms with Crippen molar-refractivity contribution in [1.82, 2.24) is 15.3 Å². The van der Waals surface area contributed by atoms with Crippen molar-refractivity contribution in [3.63, 3.8) is 0 Å². The zero-order valence-electron chi connectivity index (χ0n) is 8.74. The highest BCUT2D eigenvalue weighted by molar-refractivity contribution is 5.77. The zero-order chi connectivity index (χ0) is 11.4. The maximum atomic E-state index is 12.7. The Bertz CT molecular complexity index is 381. The van der Waals surface area contributed by atoms with Gasteiger partial charge in [0.25, 0.3) is 0 Å². The Balaban J connectivity index is 1.68. The molecule has 1 fully saturated rings. The number of hydrogen-bond acceptors (Lipinski definition) is 4. The van der Waals surface area contributed by atoms with Crippen LogP contribution in [-0.2, 0) is 4.79 Å². The first-order valence-corrected chi connectivity index (χ1v) is 5.25. The lowest BCUT2D eigenvalue weighted by molar-refractivity contribution is -0.120. The van der Waals surface area contributed by atoms with Gasteiger partial charge in [0.1, 0.15) is 12.1 Å². The van der Waals surface area contributed by atoms with Gasteiger partial charge in [-0.15, -0.1) is 0 Å². The predicted octanol–water partition coefficient (Wildman–Crippen LogP) is 0.696. The summed E-state index contributed by atoms with van der Waals surface area (Å²) in [6, 6.07) is 1.57. The third kappa shape index (κ3) is 3.45. The molecule has 6 heteroatoms. The van der Waals surface area contributed by atoms with E-state index in [4.69, 9.17) is 0 Å². The van der Waals surface area contributed by atoms with Crippen LogP contribution in [0.3, 0.4) is 0 Å². The van der Waals surface area contributed by atoms with Crippen LogP contribution in [0.4, 0.5) is 10.2 Å². The summed E-state index contributed by atoms with van der Waals surface area (Å²) in [4.78, 5) is 18.4. The van der Waals surface area contributed by atoms with Gasteiger partial charge >= 0.3 is 0 Å². The molecule has 0 spiro atoms. The van der Waals surface area contributed by atoms with Crippen molar-refractivity contribution in [2.45, 2.75) is 25.3 Å². The molecule has 0 unspecified atom stereocenters. The molecule has 2 rings (SSSR count). The minimum Gasteiger partial charge on any atom is -0.369 e. The summed E-state index contributed by atoms with van der Waals surface area (Å²) in [7, 11) is 0. The molecule has 1 amide bonds. The summed E-state index contributed by atoms with van der Waals surface area (Å²) < 4.78 is 12.7. The lowest BCUT2D eigenvalue weighted by atomic mass is 10.4. The maximum Gasteiger partial charge on any atom is 0.221 e. The third-order valence-electron chi connectivity index (χ3n) is 2.23. The second-order valence-corrected chi connectivity index (χ2v) is 3.74. The predicted molar refractivity (Wildman–Crippen MR) is 56.3 cm³/mol. The van der Waals surface area contributed by atoms with E-state index in [-0.39, 0.29) is 5.91 Å². The molecule has 2 N–H and O–H groups in total. The molecule has 0 radical (unpaired) electrons. The third-order valence-corrected chi connectivity index (χ3v) is 2.23. The Morgan fingerprint density at radius 3 is 3.00 bits per heavy atom. The number of carbonyl (C=O) groups is 1. The molecule has 5 nitrogen and oxygen atoms in total. The minimum atomic E-state index is -0.583. The Kier molecular flexibility index (Phi) is 3.28. The summed E-state index contributed by atoms with van der Waals surface area (Å²) in [5.74, 6) is -0.170. The van der Waals surface area contributed by atoms with Crippen LogP contribution in [0.25, 0.3) is 0 Å². The first-order chi connectivity index (χ1) is 7.74. The Morgan fingerprint density at radius 2 is 2.31 bits per heavy atom. The van der Waals surface area contributed by atoms with Gasteiger partial charge in [0.2, 0.25) is 11.9 Å². The van der Waals surface area contributed by atoms with E-state index >= 15 is 0 Å². The average Bonchev–Trinajstić information content (AvgIpc) is 3.02. The highest BCUT2D eigenvalue weighted by Crippen LogP contribution is 2.18. The lowest BCUT2D eigenvalue weighted by Gasteiger charge is -2.05. The van der Waals surface area contributed by atoms with Crippen molar-refractivity contribution >= 4 is 11.7 Å². The molecule has 1 aromatic heterocycles. The zero-order valence-corrected chi connectivity index (χ0v) is 8.74. The van der Waals surface area contributed by atoms with Crippen LogP contribution in [0.1, 0.15) is 19.3 Å². The molecule has 0 aliphatic heterocycles. The first kappa shape index (κ1) is 10.8. The second kappa shape index (κ2) is 4.87. The van der Waals surface area contributed by atoms with E-state index in [1.54, 1.807) is 0 Å². The van der Waals surface area contributed by atoms with E-state index in [9.17, 15) is 9.18 Å². The molecule has 16 heavy (non-hydrogen) atoms. The van der Waals surface area contributed by atoms with Crippen molar-refractivity contribution in [3.8, 4) is 0 Å². The monoisotopic (exact) mass is 224 g/mol. The number of rotatable bonds is 5. The van der Waals surface area contributed by atoms with Gasteiger partial charge in [-0.3, -0.25) is 4.79 Å². The summed E-state index contributed by atoms with van der Waals surface area (Å²) in [5.41, 5.74) is 0. The van der Waals surface area contributed by atoms with Crippen molar-refractivity contribution < 1.29 is 9.18 Å². The van der Waals surface area contributed by atoms with Crippen LogP contribution in [-0.4, -0.2) is 28.5 Å². The summed E-state index contributed by atoms with van der Waals surface area (Å²) >= 11 is 0. The molecular formula is C10H13FN4O. The molecule has 1 aliphatic carbocycles. The molecule has 0 atom stereocenters. The standard InChI is InChI=1S/C10H13FN4O/c11-8-5-9(14-6-13-8)12-4-3-10(16)15-7-1-2-7/h5-7H,1-4H2,(H,15,16)(H,12,13,14). The van der Waals surface area contributed by atoms with Crippen molar-refractivity contribution in [1.29, 1.82) is 0 Å². The van der Waals surface area contributed by atoms with Crippen molar-refractivity contribution in [3.05, 3.63) is 18.3 Å². The number of carbonyl (C=O) groups excluding carboxylic acids is 1. The number of nitrogens with one attached hydrogen (secondary N) is 2. The Labute approximate surface area is 92.5 Å². The van der Waals surface area contributed by atoms with Crippen LogP contribution in [0.5, 0.6) is 0 Å². The normalized spacial score (nSPS) is 14.6. The quantitative estimate of drug-likeness (QED) is 0.722. The second-order valence-electron chi connectivity index (χ2n) is 3.74. The van der Waals surface area contributed by atoms with E-state index in [1.165, 1.54) is 6.07 Å². The molecule has 86 valence electrons. The van der Waals surface area contributed by atoms with E-state index in [0.717, 1.165) is 19.2 Å². The van der Waals surface area contributed by atoms with Gasteiger partial charge in [0.05, 0.1) is 0 Å². The Hall–Kier alpha value is -1.72. The number of anilines is 1. The molecule has 1 heterocycles. The molecule has 0 bridgehead atoms. The van der Waals surface area contributed by atoms with Gasteiger partial charge in [-0.1, -0.05) is 0 Å². The summed E-state index contributed by atoms with van der Waals surface area (Å²) in [5, 5.41) is 5.72. The molecule has 1 saturated carbocycles. The van der Waals surface area contributed by atoms with Gasteiger partial charge in [-0.05, 0) is 12.8 Å². The van der Waals surface area contributed by atoms with E-state index in [0.29, 0.717) is 24.8 Å². The van der Waals surface area contributed by atoms with E-state index in [1.807, 2.05) is 0 Å². The van der Waals surface area contributed by atoms with Gasteiger partial charge < -0.3 is 10.6 Å². The first-order valence-electron chi connectivity index (χ1n) is 5.25. The van der Waals surface area contributed by atoms with Crippen molar-refractivity contribution in [2.24, 2.45) is 0 Å². The van der Waals surface area contributed by atoms with E-state index in [2.05, 4.69) is 20.6 Å². The highest BCUT2D eigenvalue weighted by atomic mass is 19.1. The number of aromatic nitrogens is 2. The largest absolute Gasteiger partial charge is 0.369 e. The molecule has 0 aromatic carbocycles. The maximum absolute atomic E-state index is 12.7. The Morgan fingerprint density at radius 1 is 1.50 bits per heavy atom. The fourth-order valence-corrected chi connectivity index (χ4v) is 1.26. The van der Waals surface area contributed by atoms with Crippen LogP contribution in [0, 0.1) is 5.95 Å². The van der Waals surface area contributed by atoms with Gasteiger partial charge in [0.15, 0.2) is 0 Å². The number of nitrogens with zero attached hydrogens (tertiary/aromatic N) is 2. The molecular weight excluding hydrogens is 211 g/mol. The minimum absolute atomic E-state index is 0.0181. The topological polar surface area (TPSA) is 66.9 Å². The lowest BCUT2D eigenvalue weighted by Crippen LogP contribution is -2.27. The fraction of sp³-hybridized carbons (Fsp3) is 0.500. The average molecular weight is 224 g/mol. The SMILES string of the molecule is O=C(CCNc1cc(F)ncn1)NC1CC1. The highest BCUT2D eigenvalue weighted by Gasteiger charge is 2.22. The van der Waals surface area contributed by atoms with Gasteiger partial charge in [-0.25, -0.2) is 9.97 Å². The molecule has 1 aliphatic rings. The summed E-state index contributed by atoms with van der Waals surface area (Å²) in [6.45, 7) is 0.439. The smallest absolute Gasteiger partial charge is 0.221 e. The van der Waals surface area contributed by atoms with Crippen LogP contribution in [0.15, 0.2) is 12.4 Å². The van der Waals surface area contributed by atoms with Crippen molar-refractivity contribution in [2.75, 3.05) is 11.9 Å². The van der Waals surface area contributed by atoms with E-state index < -0.39 is 5.95 Å². The summed E-state index contributed by atoms with van der Waals surface area (Å²) in [6.07, 6.45) is 3.66.